The van der Waals surface area contributed by atoms with E-state index in [0.717, 1.165) is 27.9 Å². The van der Waals surface area contributed by atoms with Crippen molar-refractivity contribution < 1.29 is 19.2 Å². The molecule has 0 amide bonds. The highest BCUT2D eigenvalue weighted by atomic mass is 16.5. The van der Waals surface area contributed by atoms with Gasteiger partial charge in [0, 0.05) is 47.5 Å². The topological polar surface area (TPSA) is 65.3 Å². The Morgan fingerprint density at radius 2 is 1.87 bits per heavy atom. The van der Waals surface area contributed by atoms with Gasteiger partial charge in [0.05, 0.1) is 16.6 Å². The molecule has 0 radical (unpaired) electrons. The SMILES string of the molecule is COCC[N+]1=C(/C=C2\C(=O)C(c3c[nH]c4ccccc34)=C2O)C(C)(C)c2ccccc21. The van der Waals surface area contributed by atoms with Gasteiger partial charge in [-0.2, -0.15) is 4.58 Å². The summed E-state index contributed by atoms with van der Waals surface area (Å²) in [7, 11) is 1.68. The molecule has 1 aromatic heterocycles. The Hall–Kier alpha value is -3.44. The molecule has 5 rings (SSSR count). The smallest absolute Gasteiger partial charge is 0.209 e. The number of benzene rings is 2. The molecule has 0 bridgehead atoms. The summed E-state index contributed by atoms with van der Waals surface area (Å²) in [4.78, 5) is 16.3. The molecule has 2 aliphatic rings. The van der Waals surface area contributed by atoms with Crippen LogP contribution in [-0.2, 0) is 14.9 Å². The number of para-hydroxylation sites is 2. The van der Waals surface area contributed by atoms with Gasteiger partial charge < -0.3 is 14.8 Å². The van der Waals surface area contributed by atoms with Gasteiger partial charge in [0.15, 0.2) is 12.3 Å². The molecule has 2 heterocycles. The maximum atomic E-state index is 13.2. The number of carbonyl (C=O) groups is 1. The van der Waals surface area contributed by atoms with Crippen LogP contribution in [0.15, 0.2) is 72.1 Å². The fourth-order valence-electron chi connectivity index (χ4n) is 4.75. The molecule has 1 aliphatic heterocycles. The summed E-state index contributed by atoms with van der Waals surface area (Å²) in [5.41, 5.74) is 5.42. The molecule has 0 saturated carbocycles. The summed E-state index contributed by atoms with van der Waals surface area (Å²) in [6.07, 6.45) is 3.64. The van der Waals surface area contributed by atoms with Gasteiger partial charge >= 0.3 is 0 Å². The Bertz CT molecular complexity index is 1320. The number of hydrogen-bond acceptors (Lipinski definition) is 3. The normalized spacial score (nSPS) is 18.8. The molecule has 0 fully saturated rings. The molecule has 156 valence electrons. The summed E-state index contributed by atoms with van der Waals surface area (Å²) >= 11 is 0. The first-order valence-electron chi connectivity index (χ1n) is 10.4. The minimum absolute atomic E-state index is 0.0562. The summed E-state index contributed by atoms with van der Waals surface area (Å²) in [5.74, 6) is -0.0751. The predicted molar refractivity (Wildman–Crippen MR) is 122 cm³/mol. The number of Topliss-reactive ketones (excluding diaryl/α,β-unsaturated/α-hetero) is 1. The molecule has 0 atom stereocenters. The number of nitrogens with zero attached hydrogens (tertiary/aromatic N) is 1. The van der Waals surface area contributed by atoms with Crippen LogP contribution in [-0.4, -0.2) is 46.4 Å². The molecule has 1 aliphatic carbocycles. The van der Waals surface area contributed by atoms with Crippen molar-refractivity contribution >= 4 is 33.7 Å². The third-order valence-electron chi connectivity index (χ3n) is 6.42. The lowest BCUT2D eigenvalue weighted by molar-refractivity contribution is -0.441. The average Bonchev–Trinajstić information content (AvgIpc) is 3.28. The minimum Gasteiger partial charge on any atom is -0.506 e. The number of fused-ring (bicyclic) bond motifs is 2. The van der Waals surface area contributed by atoms with Gasteiger partial charge in [-0.05, 0) is 19.9 Å². The molecule has 0 saturated heterocycles. The van der Waals surface area contributed by atoms with E-state index in [-0.39, 0.29) is 17.0 Å². The number of aliphatic hydroxyl groups is 1. The highest BCUT2D eigenvalue weighted by Gasteiger charge is 2.46. The number of aromatic nitrogens is 1. The van der Waals surface area contributed by atoms with Crippen molar-refractivity contribution in [2.75, 3.05) is 20.3 Å². The Balaban J connectivity index is 1.62. The number of hydrogen-bond donors (Lipinski definition) is 2. The van der Waals surface area contributed by atoms with Crippen molar-refractivity contribution in [1.29, 1.82) is 0 Å². The molecule has 0 unspecified atom stereocenters. The number of H-pyrrole nitrogens is 1. The maximum Gasteiger partial charge on any atom is 0.209 e. The molecular weight excluding hydrogens is 388 g/mol. The number of rotatable bonds is 5. The van der Waals surface area contributed by atoms with Gasteiger partial charge in [-0.1, -0.05) is 36.4 Å². The van der Waals surface area contributed by atoms with Gasteiger partial charge in [-0.15, -0.1) is 0 Å². The van der Waals surface area contributed by atoms with Crippen molar-refractivity contribution in [2.24, 2.45) is 0 Å². The number of carbonyl (C=O) groups excluding carboxylic acids is 1. The number of methoxy groups -OCH3 is 1. The molecule has 2 N–H and O–H groups in total. The fraction of sp³-hybridized carbons (Fsp3) is 0.231. The number of ketones is 1. The predicted octanol–water partition coefficient (Wildman–Crippen LogP) is 4.67. The number of nitrogens with one attached hydrogen (secondary N) is 1. The molecule has 2 aromatic carbocycles. The largest absolute Gasteiger partial charge is 0.506 e. The van der Waals surface area contributed by atoms with Crippen molar-refractivity contribution in [3.8, 4) is 0 Å². The van der Waals surface area contributed by atoms with Crippen LogP contribution in [0.4, 0.5) is 5.69 Å². The lowest BCUT2D eigenvalue weighted by Crippen LogP contribution is -2.31. The van der Waals surface area contributed by atoms with E-state index in [9.17, 15) is 9.90 Å². The van der Waals surface area contributed by atoms with Crippen molar-refractivity contribution in [2.45, 2.75) is 19.3 Å². The number of ether oxygens (including phenoxy) is 1. The molecule has 0 spiro atoms. The van der Waals surface area contributed by atoms with E-state index < -0.39 is 0 Å². The molecule has 5 heteroatoms. The van der Waals surface area contributed by atoms with E-state index in [1.54, 1.807) is 13.3 Å². The molecule has 3 aromatic rings. The van der Waals surface area contributed by atoms with Crippen molar-refractivity contribution in [3.63, 3.8) is 0 Å². The van der Waals surface area contributed by atoms with Gasteiger partial charge in [0.2, 0.25) is 11.5 Å². The van der Waals surface area contributed by atoms with Gasteiger partial charge in [-0.3, -0.25) is 4.79 Å². The summed E-state index contributed by atoms with van der Waals surface area (Å²) < 4.78 is 7.52. The summed E-state index contributed by atoms with van der Waals surface area (Å²) in [6, 6.07) is 16.0. The second-order valence-corrected chi connectivity index (χ2v) is 8.53. The Morgan fingerprint density at radius 3 is 2.65 bits per heavy atom. The van der Waals surface area contributed by atoms with Crippen LogP contribution in [0, 0.1) is 0 Å². The lowest BCUT2D eigenvalue weighted by Gasteiger charge is -2.22. The second kappa shape index (κ2) is 7.06. The second-order valence-electron chi connectivity index (χ2n) is 8.53. The standard InChI is InChI=1S/C26H24N2O3/c1-26(2)19-9-5-7-11-21(19)28(12-13-31-3)22(26)14-17-24(29)23(25(17)30)18-15-27-20-10-6-4-8-16(18)20/h4-11,14-15H,12-13H2,1-3H3,(H,29,30)/p+1. The van der Waals surface area contributed by atoms with Crippen LogP contribution >= 0.6 is 0 Å². The zero-order valence-electron chi connectivity index (χ0n) is 17.9. The van der Waals surface area contributed by atoms with Crippen LogP contribution in [0.5, 0.6) is 0 Å². The Kier molecular flexibility index (Phi) is 4.45. The highest BCUT2D eigenvalue weighted by Crippen LogP contribution is 2.43. The van der Waals surface area contributed by atoms with E-state index >= 15 is 0 Å². The van der Waals surface area contributed by atoms with Crippen LogP contribution in [0.2, 0.25) is 0 Å². The maximum absolute atomic E-state index is 13.2. The van der Waals surface area contributed by atoms with E-state index in [1.807, 2.05) is 42.5 Å². The van der Waals surface area contributed by atoms with Crippen LogP contribution < -0.4 is 0 Å². The van der Waals surface area contributed by atoms with Crippen LogP contribution in [0.1, 0.15) is 25.0 Å². The number of aliphatic hydroxyl groups excluding tert-OH is 1. The van der Waals surface area contributed by atoms with E-state index in [0.29, 0.717) is 24.3 Å². The number of allylic oxidation sites excluding steroid dienone is 3. The first-order chi connectivity index (χ1) is 14.9. The van der Waals surface area contributed by atoms with Crippen molar-refractivity contribution in [1.82, 2.24) is 4.98 Å². The lowest BCUT2D eigenvalue weighted by atomic mass is 9.77. The first-order valence-corrected chi connectivity index (χ1v) is 10.4. The zero-order chi connectivity index (χ0) is 21.8. The summed E-state index contributed by atoms with van der Waals surface area (Å²) in [6.45, 7) is 5.53. The molecule has 31 heavy (non-hydrogen) atoms. The van der Waals surface area contributed by atoms with Crippen LogP contribution in [0.3, 0.4) is 0 Å². The zero-order valence-corrected chi connectivity index (χ0v) is 17.9. The van der Waals surface area contributed by atoms with Crippen molar-refractivity contribution in [3.05, 3.63) is 83.3 Å². The van der Waals surface area contributed by atoms with E-state index in [4.69, 9.17) is 4.74 Å². The monoisotopic (exact) mass is 413 g/mol. The summed E-state index contributed by atoms with van der Waals surface area (Å²) in [5, 5.41) is 11.8. The average molecular weight is 413 g/mol. The van der Waals surface area contributed by atoms with E-state index in [2.05, 4.69) is 35.5 Å². The Morgan fingerprint density at radius 1 is 1.13 bits per heavy atom. The molecular formula is C26H25N2O3+. The van der Waals surface area contributed by atoms with Gasteiger partial charge in [-0.25, -0.2) is 0 Å². The molecule has 5 nitrogen and oxygen atoms in total. The highest BCUT2D eigenvalue weighted by molar-refractivity contribution is 6.41. The minimum atomic E-state index is -0.297. The third-order valence-corrected chi connectivity index (χ3v) is 6.42. The van der Waals surface area contributed by atoms with E-state index in [1.165, 1.54) is 5.56 Å². The number of aromatic amines is 1. The fourth-order valence-corrected chi connectivity index (χ4v) is 4.75. The first kappa shape index (κ1) is 19.5. The quantitative estimate of drug-likeness (QED) is 0.472. The Labute approximate surface area is 181 Å². The van der Waals surface area contributed by atoms with Crippen LogP contribution in [0.25, 0.3) is 16.5 Å². The third kappa shape index (κ3) is 2.81. The van der Waals surface area contributed by atoms with Gasteiger partial charge in [0.1, 0.15) is 12.4 Å². The van der Waals surface area contributed by atoms with Gasteiger partial charge in [0.25, 0.3) is 0 Å².